The van der Waals surface area contributed by atoms with Crippen molar-refractivity contribution in [3.63, 3.8) is 0 Å². The normalized spacial score (nSPS) is 16.9. The molecular formula is C12H17N5. The van der Waals surface area contributed by atoms with E-state index in [-0.39, 0.29) is 0 Å². The minimum absolute atomic E-state index is 0.627. The van der Waals surface area contributed by atoms with Gasteiger partial charge in [-0.2, -0.15) is 0 Å². The van der Waals surface area contributed by atoms with Crippen molar-refractivity contribution in [2.75, 3.05) is 6.54 Å². The van der Waals surface area contributed by atoms with Crippen LogP contribution in [0.2, 0.25) is 0 Å². The number of rotatable bonds is 3. The van der Waals surface area contributed by atoms with Crippen molar-refractivity contribution < 1.29 is 0 Å². The van der Waals surface area contributed by atoms with Crippen LogP contribution < -0.4 is 5.49 Å². The van der Waals surface area contributed by atoms with E-state index in [4.69, 9.17) is 4.98 Å². The summed E-state index contributed by atoms with van der Waals surface area (Å²) < 4.78 is 2.06. The van der Waals surface area contributed by atoms with E-state index < -0.39 is 0 Å². The molecule has 0 unspecified atom stereocenters. The number of aryl methyl sites for hydroxylation is 1. The third-order valence-electron chi connectivity index (χ3n) is 3.13. The van der Waals surface area contributed by atoms with Gasteiger partial charge in [0.15, 0.2) is 11.1 Å². The van der Waals surface area contributed by atoms with Crippen LogP contribution >= 0.6 is 0 Å². The summed E-state index contributed by atoms with van der Waals surface area (Å²) in [5, 5.41) is 0. The minimum atomic E-state index is 0.627. The molecule has 0 amide bonds. The van der Waals surface area contributed by atoms with E-state index in [1.165, 1.54) is 12.8 Å². The van der Waals surface area contributed by atoms with Crippen LogP contribution in [0.15, 0.2) is 11.3 Å². The lowest BCUT2D eigenvalue weighted by atomic mass is 10.4. The quantitative estimate of drug-likeness (QED) is 0.871. The van der Waals surface area contributed by atoms with Crippen LogP contribution in [-0.4, -0.2) is 26.1 Å². The molecule has 2 aromatic heterocycles. The maximum absolute atomic E-state index is 4.70. The molecule has 0 spiro atoms. The predicted octanol–water partition coefficient (Wildman–Crippen LogP) is 1.58. The second kappa shape index (κ2) is 3.98. The molecule has 3 rings (SSSR count). The maximum Gasteiger partial charge on any atom is 0.176 e. The molecule has 1 saturated carbocycles. The number of fused-ring (bicyclic) bond motifs is 1. The smallest absolute Gasteiger partial charge is 0.176 e. The van der Waals surface area contributed by atoms with Gasteiger partial charge in [0.05, 0.1) is 6.33 Å². The Morgan fingerprint density at radius 3 is 2.94 bits per heavy atom. The Kier molecular flexibility index (Phi) is 2.46. The summed E-state index contributed by atoms with van der Waals surface area (Å²) in [6, 6.07) is 0. The number of hydrogen-bond donors (Lipinski definition) is 1. The maximum atomic E-state index is 4.70. The molecule has 5 nitrogen and oxygen atoms in total. The van der Waals surface area contributed by atoms with Crippen molar-refractivity contribution in [2.24, 2.45) is 4.99 Å². The summed E-state index contributed by atoms with van der Waals surface area (Å²) in [5.41, 5.74) is 2.75. The first-order chi connectivity index (χ1) is 8.33. The fourth-order valence-corrected chi connectivity index (χ4v) is 2.04. The summed E-state index contributed by atoms with van der Waals surface area (Å²) in [6.45, 7) is 5.75. The predicted molar refractivity (Wildman–Crippen MR) is 65.6 cm³/mol. The molecule has 1 fully saturated rings. The number of nitrogens with one attached hydrogen (secondary N) is 1. The van der Waals surface area contributed by atoms with Crippen molar-refractivity contribution >= 4 is 11.2 Å². The van der Waals surface area contributed by atoms with Crippen LogP contribution in [0.1, 0.15) is 38.4 Å². The number of hydrogen-bond acceptors (Lipinski definition) is 3. The van der Waals surface area contributed by atoms with Crippen molar-refractivity contribution in [1.82, 2.24) is 19.5 Å². The summed E-state index contributed by atoms with van der Waals surface area (Å²) >= 11 is 0. The second-order valence-electron chi connectivity index (χ2n) is 4.42. The highest BCUT2D eigenvalue weighted by Crippen LogP contribution is 2.38. The topological polar surface area (TPSA) is 58.9 Å². The lowest BCUT2D eigenvalue weighted by Crippen LogP contribution is -2.14. The Bertz CT molecular complexity index is 603. The highest BCUT2D eigenvalue weighted by Gasteiger charge is 2.27. The van der Waals surface area contributed by atoms with E-state index in [2.05, 4.69) is 26.5 Å². The third kappa shape index (κ3) is 1.75. The van der Waals surface area contributed by atoms with E-state index >= 15 is 0 Å². The summed E-state index contributed by atoms with van der Waals surface area (Å²) in [7, 11) is 0. The Labute approximate surface area is 99.6 Å². The van der Waals surface area contributed by atoms with Gasteiger partial charge in [-0.15, -0.1) is 0 Å². The van der Waals surface area contributed by atoms with Crippen LogP contribution in [-0.2, 0) is 6.54 Å². The molecule has 5 heteroatoms. The number of imidazole rings is 1. The molecular weight excluding hydrogens is 214 g/mol. The van der Waals surface area contributed by atoms with Crippen molar-refractivity contribution in [3.8, 4) is 0 Å². The average Bonchev–Trinajstić information content (AvgIpc) is 3.09. The van der Waals surface area contributed by atoms with Gasteiger partial charge in [-0.25, -0.2) is 9.97 Å². The van der Waals surface area contributed by atoms with Crippen LogP contribution in [0.3, 0.4) is 0 Å². The Balaban J connectivity index is 2.27. The number of aromatic nitrogens is 4. The number of nitrogens with zero attached hydrogens (tertiary/aromatic N) is 4. The van der Waals surface area contributed by atoms with E-state index in [0.717, 1.165) is 35.6 Å². The molecule has 1 aliphatic carbocycles. The SMILES string of the molecule is CCN=c1ncn(CC)c2nc(C3CC3)[nH]c12. The highest BCUT2D eigenvalue weighted by molar-refractivity contribution is 5.69. The zero-order valence-corrected chi connectivity index (χ0v) is 10.3. The van der Waals surface area contributed by atoms with Gasteiger partial charge < -0.3 is 9.55 Å². The van der Waals surface area contributed by atoms with Crippen molar-refractivity contribution in [1.29, 1.82) is 0 Å². The Hall–Kier alpha value is -1.65. The van der Waals surface area contributed by atoms with E-state index in [1.54, 1.807) is 0 Å². The van der Waals surface area contributed by atoms with E-state index in [1.807, 2.05) is 13.3 Å². The first kappa shape index (κ1) is 10.5. The number of aromatic amines is 1. The molecule has 17 heavy (non-hydrogen) atoms. The van der Waals surface area contributed by atoms with Crippen molar-refractivity contribution in [3.05, 3.63) is 17.6 Å². The van der Waals surface area contributed by atoms with Gasteiger partial charge in [-0.1, -0.05) is 0 Å². The van der Waals surface area contributed by atoms with Crippen LogP contribution in [0.5, 0.6) is 0 Å². The Morgan fingerprint density at radius 1 is 1.47 bits per heavy atom. The second-order valence-corrected chi connectivity index (χ2v) is 4.42. The lowest BCUT2D eigenvalue weighted by Gasteiger charge is -2.01. The summed E-state index contributed by atoms with van der Waals surface area (Å²) in [4.78, 5) is 16.9. The molecule has 2 heterocycles. The molecule has 0 bridgehead atoms. The largest absolute Gasteiger partial charge is 0.337 e. The molecule has 0 aliphatic heterocycles. The minimum Gasteiger partial charge on any atom is -0.337 e. The van der Waals surface area contributed by atoms with Gasteiger partial charge >= 0.3 is 0 Å². The van der Waals surface area contributed by atoms with E-state index in [9.17, 15) is 0 Å². The van der Waals surface area contributed by atoms with Gasteiger partial charge in [-0.05, 0) is 26.7 Å². The van der Waals surface area contributed by atoms with Crippen LogP contribution in [0.25, 0.3) is 11.2 Å². The fraction of sp³-hybridized carbons (Fsp3) is 0.583. The lowest BCUT2D eigenvalue weighted by molar-refractivity contribution is 0.751. The molecule has 2 aromatic rings. The van der Waals surface area contributed by atoms with Crippen LogP contribution in [0, 0.1) is 0 Å². The molecule has 0 saturated heterocycles. The van der Waals surface area contributed by atoms with Gasteiger partial charge in [0.1, 0.15) is 11.3 Å². The van der Waals surface area contributed by atoms with Gasteiger partial charge in [0, 0.05) is 19.0 Å². The molecule has 90 valence electrons. The molecule has 1 N–H and O–H groups in total. The first-order valence-corrected chi connectivity index (χ1v) is 6.29. The zero-order chi connectivity index (χ0) is 11.8. The van der Waals surface area contributed by atoms with Gasteiger partial charge in [-0.3, -0.25) is 4.99 Å². The first-order valence-electron chi connectivity index (χ1n) is 6.29. The standard InChI is InChI=1S/C12H17N5/c1-3-13-11-9-12(17(4-2)7-14-11)16-10(15-9)8-5-6-8/h7-8H,3-6H2,1-2H3,(H,15,16). The monoisotopic (exact) mass is 231 g/mol. The molecule has 0 radical (unpaired) electrons. The number of H-pyrrole nitrogens is 1. The average molecular weight is 231 g/mol. The molecule has 0 aromatic carbocycles. The summed E-state index contributed by atoms with van der Waals surface area (Å²) in [5.74, 6) is 1.73. The molecule has 0 atom stereocenters. The molecule has 1 aliphatic rings. The zero-order valence-electron chi connectivity index (χ0n) is 10.3. The van der Waals surface area contributed by atoms with Gasteiger partial charge in [0.2, 0.25) is 0 Å². The van der Waals surface area contributed by atoms with Crippen molar-refractivity contribution in [2.45, 2.75) is 39.2 Å². The highest BCUT2D eigenvalue weighted by atomic mass is 15.1. The Morgan fingerprint density at radius 2 is 2.29 bits per heavy atom. The van der Waals surface area contributed by atoms with Crippen LogP contribution in [0.4, 0.5) is 0 Å². The third-order valence-corrected chi connectivity index (χ3v) is 3.13. The fourth-order valence-electron chi connectivity index (χ4n) is 2.04. The van der Waals surface area contributed by atoms with E-state index in [0.29, 0.717) is 5.92 Å². The van der Waals surface area contributed by atoms with Gasteiger partial charge in [0.25, 0.3) is 0 Å². The summed E-state index contributed by atoms with van der Waals surface area (Å²) in [6.07, 6.45) is 4.33.